The van der Waals surface area contributed by atoms with Crippen molar-refractivity contribution in [2.24, 2.45) is 0 Å². The van der Waals surface area contributed by atoms with E-state index in [0.717, 1.165) is 0 Å². The Morgan fingerprint density at radius 3 is 2.62 bits per heavy atom. The van der Waals surface area contributed by atoms with Crippen molar-refractivity contribution in [3.05, 3.63) is 12.3 Å². The minimum atomic E-state index is -0.141. The third kappa shape index (κ3) is 2.77. The molecule has 110 valence electrons. The van der Waals surface area contributed by atoms with Gasteiger partial charge in [0.2, 0.25) is 17.8 Å². The molecule has 0 radical (unpaired) electrons. The quantitative estimate of drug-likeness (QED) is 0.676. The van der Waals surface area contributed by atoms with Crippen LogP contribution in [-0.2, 0) is 4.74 Å². The van der Waals surface area contributed by atoms with Gasteiger partial charge in [-0.05, 0) is 0 Å². The fourth-order valence-corrected chi connectivity index (χ4v) is 2.07. The van der Waals surface area contributed by atoms with Gasteiger partial charge in [-0.1, -0.05) is 0 Å². The van der Waals surface area contributed by atoms with E-state index in [4.69, 9.17) is 16.2 Å². The second kappa shape index (κ2) is 5.37. The molecule has 21 heavy (non-hydrogen) atoms. The van der Waals surface area contributed by atoms with Crippen LogP contribution in [0.5, 0.6) is 5.88 Å². The number of nitrogen functional groups attached to an aromatic ring is 2. The molecule has 9 heteroatoms. The average Bonchev–Trinajstić information content (AvgIpc) is 2.47. The lowest BCUT2D eigenvalue weighted by atomic mass is 10.2. The molecule has 0 aromatic carbocycles. The highest BCUT2D eigenvalue weighted by atomic mass is 16.5. The summed E-state index contributed by atoms with van der Waals surface area (Å²) in [6, 6.07) is 1.41. The summed E-state index contributed by atoms with van der Waals surface area (Å²) in [5.41, 5.74) is 12.2. The first-order valence-electron chi connectivity index (χ1n) is 6.42. The highest BCUT2D eigenvalue weighted by Crippen LogP contribution is 2.26. The lowest BCUT2D eigenvalue weighted by Crippen LogP contribution is -2.37. The van der Waals surface area contributed by atoms with Gasteiger partial charge in [0.1, 0.15) is 5.82 Å². The summed E-state index contributed by atoms with van der Waals surface area (Å²) in [6.07, 6.45) is 1.47. The van der Waals surface area contributed by atoms with Gasteiger partial charge in [-0.3, -0.25) is 0 Å². The van der Waals surface area contributed by atoms with Gasteiger partial charge in [-0.2, -0.15) is 9.97 Å². The van der Waals surface area contributed by atoms with Crippen molar-refractivity contribution in [1.82, 2.24) is 19.9 Å². The van der Waals surface area contributed by atoms with Crippen LogP contribution in [0, 0.1) is 0 Å². The smallest absolute Gasteiger partial charge is 0.229 e. The van der Waals surface area contributed by atoms with E-state index in [2.05, 4.69) is 19.9 Å². The number of nitrogens with zero attached hydrogens (tertiary/aromatic N) is 5. The first-order chi connectivity index (χ1) is 10.1. The number of morpholine rings is 1. The summed E-state index contributed by atoms with van der Waals surface area (Å²) in [6.45, 7) is 2.52. The summed E-state index contributed by atoms with van der Waals surface area (Å²) in [5.74, 6) is 0.568. The average molecular weight is 289 g/mol. The van der Waals surface area contributed by atoms with Crippen molar-refractivity contribution in [2.75, 3.05) is 42.7 Å². The molecular formula is C12H15N7O2. The molecule has 2 aromatic rings. The SMILES string of the molecule is Nc1ncc(-c2cc(O)nc(N3CCOCC3)n2)c(N)n1. The molecule has 3 rings (SSSR count). The van der Waals surface area contributed by atoms with E-state index in [1.807, 2.05) is 4.90 Å². The molecule has 1 aliphatic rings. The maximum Gasteiger partial charge on any atom is 0.229 e. The molecular weight excluding hydrogens is 274 g/mol. The van der Waals surface area contributed by atoms with Crippen LogP contribution in [0.1, 0.15) is 0 Å². The molecule has 1 saturated heterocycles. The summed E-state index contributed by atoms with van der Waals surface area (Å²) >= 11 is 0. The van der Waals surface area contributed by atoms with E-state index in [1.54, 1.807) is 0 Å². The van der Waals surface area contributed by atoms with Crippen molar-refractivity contribution in [1.29, 1.82) is 0 Å². The molecule has 0 spiro atoms. The molecule has 2 aromatic heterocycles. The van der Waals surface area contributed by atoms with Crippen LogP contribution in [0.15, 0.2) is 12.3 Å². The standard InChI is InChI=1S/C12H15N7O2/c13-10-7(6-15-11(14)18-10)8-5-9(20)17-12(16-8)19-1-3-21-4-2-19/h5-6H,1-4H2,(H,16,17,20)(H4,13,14,15,18). The Hall–Kier alpha value is -2.68. The fraction of sp³-hybridized carbons (Fsp3) is 0.333. The van der Waals surface area contributed by atoms with Gasteiger partial charge in [0.15, 0.2) is 0 Å². The largest absolute Gasteiger partial charge is 0.493 e. The molecule has 0 bridgehead atoms. The molecule has 1 fully saturated rings. The summed E-state index contributed by atoms with van der Waals surface area (Å²) in [5, 5.41) is 9.82. The number of hydrogen-bond donors (Lipinski definition) is 3. The first kappa shape index (κ1) is 13.3. The molecule has 0 atom stereocenters. The van der Waals surface area contributed by atoms with Crippen molar-refractivity contribution in [2.45, 2.75) is 0 Å². The maximum atomic E-state index is 9.82. The van der Waals surface area contributed by atoms with Gasteiger partial charge < -0.3 is 26.2 Å². The molecule has 1 aliphatic heterocycles. The maximum absolute atomic E-state index is 9.82. The topological polar surface area (TPSA) is 136 Å². The van der Waals surface area contributed by atoms with Crippen LogP contribution in [0.25, 0.3) is 11.3 Å². The second-order valence-electron chi connectivity index (χ2n) is 4.54. The summed E-state index contributed by atoms with van der Waals surface area (Å²) in [4.78, 5) is 18.2. The van der Waals surface area contributed by atoms with Crippen molar-refractivity contribution in [3.8, 4) is 17.1 Å². The Bertz CT molecular complexity index is 658. The Morgan fingerprint density at radius 1 is 1.14 bits per heavy atom. The van der Waals surface area contributed by atoms with Crippen LogP contribution in [0.2, 0.25) is 0 Å². The van der Waals surface area contributed by atoms with Crippen LogP contribution in [-0.4, -0.2) is 51.3 Å². The van der Waals surface area contributed by atoms with E-state index < -0.39 is 0 Å². The van der Waals surface area contributed by atoms with Crippen LogP contribution in [0.4, 0.5) is 17.7 Å². The Balaban J connectivity index is 2.00. The zero-order valence-corrected chi connectivity index (χ0v) is 11.2. The van der Waals surface area contributed by atoms with E-state index in [1.165, 1.54) is 12.3 Å². The van der Waals surface area contributed by atoms with Crippen LogP contribution in [0.3, 0.4) is 0 Å². The third-order valence-electron chi connectivity index (χ3n) is 3.11. The second-order valence-corrected chi connectivity index (χ2v) is 4.54. The lowest BCUT2D eigenvalue weighted by molar-refractivity contribution is 0.122. The monoisotopic (exact) mass is 289 g/mol. The number of aromatic hydroxyl groups is 1. The first-order valence-corrected chi connectivity index (χ1v) is 6.42. The fourth-order valence-electron chi connectivity index (χ4n) is 2.07. The number of rotatable bonds is 2. The Morgan fingerprint density at radius 2 is 1.90 bits per heavy atom. The number of hydrogen-bond acceptors (Lipinski definition) is 9. The van der Waals surface area contributed by atoms with E-state index >= 15 is 0 Å². The van der Waals surface area contributed by atoms with Crippen molar-refractivity contribution in [3.63, 3.8) is 0 Å². The minimum absolute atomic E-state index is 0.0860. The van der Waals surface area contributed by atoms with Crippen LogP contribution < -0.4 is 16.4 Å². The minimum Gasteiger partial charge on any atom is -0.493 e. The summed E-state index contributed by atoms with van der Waals surface area (Å²) in [7, 11) is 0. The highest BCUT2D eigenvalue weighted by molar-refractivity contribution is 5.72. The zero-order chi connectivity index (χ0) is 14.8. The highest BCUT2D eigenvalue weighted by Gasteiger charge is 2.17. The predicted molar refractivity (Wildman–Crippen MR) is 76.6 cm³/mol. The number of anilines is 3. The number of ether oxygens (including phenoxy) is 1. The molecule has 0 saturated carbocycles. The third-order valence-corrected chi connectivity index (χ3v) is 3.11. The van der Waals surface area contributed by atoms with Gasteiger partial charge in [-0.25, -0.2) is 9.97 Å². The van der Waals surface area contributed by atoms with Crippen LogP contribution >= 0.6 is 0 Å². The molecule has 5 N–H and O–H groups in total. The number of nitrogens with two attached hydrogens (primary N) is 2. The summed E-state index contributed by atoms with van der Waals surface area (Å²) < 4.78 is 5.28. The Labute approximate surface area is 120 Å². The van der Waals surface area contributed by atoms with E-state index in [0.29, 0.717) is 43.5 Å². The van der Waals surface area contributed by atoms with Gasteiger partial charge in [0, 0.05) is 25.4 Å². The molecule has 9 nitrogen and oxygen atoms in total. The molecule has 0 unspecified atom stereocenters. The van der Waals surface area contributed by atoms with Gasteiger partial charge >= 0.3 is 0 Å². The molecule has 0 aliphatic carbocycles. The predicted octanol–water partition coefficient (Wildman–Crippen LogP) is -0.360. The molecule has 0 amide bonds. The number of aromatic nitrogens is 4. The Kier molecular flexibility index (Phi) is 3.40. The normalized spacial score (nSPS) is 15.1. The van der Waals surface area contributed by atoms with Crippen molar-refractivity contribution < 1.29 is 9.84 Å². The zero-order valence-electron chi connectivity index (χ0n) is 11.2. The molecule has 3 heterocycles. The van der Waals surface area contributed by atoms with Gasteiger partial charge in [0.05, 0.1) is 24.5 Å². The van der Waals surface area contributed by atoms with Gasteiger partial charge in [-0.15, -0.1) is 0 Å². The van der Waals surface area contributed by atoms with E-state index in [-0.39, 0.29) is 17.6 Å². The van der Waals surface area contributed by atoms with Gasteiger partial charge in [0.25, 0.3) is 0 Å². The van der Waals surface area contributed by atoms with E-state index in [9.17, 15) is 5.11 Å². The lowest BCUT2D eigenvalue weighted by Gasteiger charge is -2.27. The van der Waals surface area contributed by atoms with Crippen molar-refractivity contribution >= 4 is 17.7 Å².